The van der Waals surface area contributed by atoms with E-state index in [9.17, 15) is 14.0 Å². The molecule has 8 nitrogen and oxygen atoms in total. The van der Waals surface area contributed by atoms with Crippen LogP contribution in [0.25, 0.3) is 0 Å². The lowest BCUT2D eigenvalue weighted by atomic mass is 10.1. The normalized spacial score (nSPS) is 20.6. The molecule has 1 aromatic carbocycles. The molecular weight excluding hydrogens is 432 g/mol. The van der Waals surface area contributed by atoms with Crippen LogP contribution in [0.5, 0.6) is 5.75 Å². The molecular formula is C23H25F2N5O3. The summed E-state index contributed by atoms with van der Waals surface area (Å²) in [4.78, 5) is 31.6. The van der Waals surface area contributed by atoms with Gasteiger partial charge in [0.2, 0.25) is 5.95 Å². The second kappa shape index (κ2) is 8.58. The fourth-order valence-corrected chi connectivity index (χ4v) is 4.34. The monoisotopic (exact) mass is 457 g/mol. The summed E-state index contributed by atoms with van der Waals surface area (Å²) in [7, 11) is 1.46. The van der Waals surface area contributed by atoms with Crippen LogP contribution in [0.3, 0.4) is 0 Å². The SMILES string of the molecule is CNC(=O)c1ccc(N2CCN(Cc3ccc4c(c3F)NC(=O)C(C3CC3)O4)CC2)c(F)n1. The third-order valence-corrected chi connectivity index (χ3v) is 6.39. The van der Waals surface area contributed by atoms with Gasteiger partial charge in [-0.05, 0) is 31.0 Å². The predicted molar refractivity (Wildman–Crippen MR) is 117 cm³/mol. The summed E-state index contributed by atoms with van der Waals surface area (Å²) in [6.45, 7) is 2.63. The number of nitrogens with one attached hydrogen (secondary N) is 2. The minimum atomic E-state index is -0.689. The zero-order valence-electron chi connectivity index (χ0n) is 18.2. The maximum atomic E-state index is 15.1. The van der Waals surface area contributed by atoms with Gasteiger partial charge in [-0.2, -0.15) is 4.39 Å². The Labute approximate surface area is 189 Å². The Morgan fingerprint density at radius 3 is 2.61 bits per heavy atom. The van der Waals surface area contributed by atoms with E-state index >= 15 is 4.39 Å². The molecule has 0 radical (unpaired) electrons. The molecule has 0 spiro atoms. The number of nitrogens with zero attached hydrogens (tertiary/aromatic N) is 3. The zero-order chi connectivity index (χ0) is 23.1. The Balaban J connectivity index is 1.23. The fourth-order valence-electron chi connectivity index (χ4n) is 4.34. The first-order valence-corrected chi connectivity index (χ1v) is 11.1. The molecule has 0 bridgehead atoms. The maximum Gasteiger partial charge on any atom is 0.269 e. The first kappa shape index (κ1) is 21.6. The molecule has 1 unspecified atom stereocenters. The average Bonchev–Trinajstić information content (AvgIpc) is 3.66. The molecule has 2 fully saturated rings. The van der Waals surface area contributed by atoms with Crippen molar-refractivity contribution < 1.29 is 23.1 Å². The summed E-state index contributed by atoms with van der Waals surface area (Å²) < 4.78 is 35.3. The van der Waals surface area contributed by atoms with Crippen LogP contribution in [0, 0.1) is 17.7 Å². The number of fused-ring (bicyclic) bond motifs is 1. The van der Waals surface area contributed by atoms with Crippen molar-refractivity contribution in [1.82, 2.24) is 15.2 Å². The van der Waals surface area contributed by atoms with E-state index in [1.165, 1.54) is 13.1 Å². The van der Waals surface area contributed by atoms with Crippen LogP contribution < -0.4 is 20.3 Å². The second-order valence-electron chi connectivity index (χ2n) is 8.63. The number of halogens is 2. The number of carbonyl (C=O) groups excluding carboxylic acids is 2. The highest BCUT2D eigenvalue weighted by Crippen LogP contribution is 2.41. The minimum Gasteiger partial charge on any atom is -0.478 e. The van der Waals surface area contributed by atoms with E-state index in [4.69, 9.17) is 4.74 Å². The van der Waals surface area contributed by atoms with Crippen molar-refractivity contribution in [2.75, 3.05) is 43.4 Å². The predicted octanol–water partition coefficient (Wildman–Crippen LogP) is 2.15. The van der Waals surface area contributed by atoms with Crippen molar-refractivity contribution in [1.29, 1.82) is 0 Å². The van der Waals surface area contributed by atoms with Crippen molar-refractivity contribution in [3.63, 3.8) is 0 Å². The second-order valence-corrected chi connectivity index (χ2v) is 8.63. The molecule has 33 heavy (non-hydrogen) atoms. The molecule has 3 aliphatic rings. The number of rotatable bonds is 5. The van der Waals surface area contributed by atoms with Gasteiger partial charge in [-0.3, -0.25) is 14.5 Å². The quantitative estimate of drug-likeness (QED) is 0.670. The molecule has 2 aromatic rings. The van der Waals surface area contributed by atoms with Gasteiger partial charge in [-0.25, -0.2) is 9.37 Å². The number of ether oxygens (including phenoxy) is 1. The van der Waals surface area contributed by atoms with E-state index in [1.807, 2.05) is 4.90 Å². The number of piperazine rings is 1. The van der Waals surface area contributed by atoms with Crippen molar-refractivity contribution in [3.05, 3.63) is 47.3 Å². The number of aromatic nitrogens is 1. The van der Waals surface area contributed by atoms with E-state index in [0.717, 1.165) is 12.8 Å². The lowest BCUT2D eigenvalue weighted by Crippen LogP contribution is -2.46. The Morgan fingerprint density at radius 1 is 1.18 bits per heavy atom. The standard InChI is InChI=1S/C23H25F2N5O3/c1-26-22(31)15-5-6-16(21(25)27-15)30-10-8-29(9-11-30)12-14-4-7-17-19(18(14)24)28-23(32)20(33-17)13-2-3-13/h4-7,13,20H,2-3,8-12H2,1H3,(H,26,31)(H,28,32). The average molecular weight is 457 g/mol. The Hall–Kier alpha value is -3.27. The van der Waals surface area contributed by atoms with Crippen LogP contribution >= 0.6 is 0 Å². The number of pyridine rings is 1. The molecule has 2 amide bonds. The molecule has 1 atom stereocenters. The molecule has 1 saturated heterocycles. The van der Waals surface area contributed by atoms with Gasteiger partial charge in [0, 0.05) is 51.3 Å². The first-order chi connectivity index (χ1) is 15.9. The van der Waals surface area contributed by atoms with E-state index < -0.39 is 23.8 Å². The lowest BCUT2D eigenvalue weighted by molar-refractivity contribution is -0.124. The highest BCUT2D eigenvalue weighted by Gasteiger charge is 2.41. The molecule has 3 heterocycles. The summed E-state index contributed by atoms with van der Waals surface area (Å²) in [5.41, 5.74) is 0.947. The van der Waals surface area contributed by atoms with E-state index in [1.54, 1.807) is 18.2 Å². The zero-order valence-corrected chi connectivity index (χ0v) is 18.2. The molecule has 2 aliphatic heterocycles. The van der Waals surface area contributed by atoms with Crippen LogP contribution in [0.15, 0.2) is 24.3 Å². The van der Waals surface area contributed by atoms with Gasteiger partial charge in [0.1, 0.15) is 17.1 Å². The van der Waals surface area contributed by atoms with Gasteiger partial charge in [-0.1, -0.05) is 6.07 Å². The summed E-state index contributed by atoms with van der Waals surface area (Å²) in [5.74, 6) is -1.30. The van der Waals surface area contributed by atoms with Gasteiger partial charge in [0.25, 0.3) is 11.8 Å². The number of amides is 2. The van der Waals surface area contributed by atoms with Crippen molar-refractivity contribution >= 4 is 23.2 Å². The summed E-state index contributed by atoms with van der Waals surface area (Å²) in [5, 5.41) is 5.11. The first-order valence-electron chi connectivity index (χ1n) is 11.1. The number of anilines is 2. The Bertz CT molecular complexity index is 1100. The van der Waals surface area contributed by atoms with Gasteiger partial charge in [0.15, 0.2) is 11.9 Å². The van der Waals surface area contributed by atoms with Crippen LogP contribution in [-0.2, 0) is 11.3 Å². The smallest absolute Gasteiger partial charge is 0.269 e. The molecule has 174 valence electrons. The van der Waals surface area contributed by atoms with E-state index in [-0.39, 0.29) is 23.2 Å². The van der Waals surface area contributed by atoms with Gasteiger partial charge in [-0.15, -0.1) is 0 Å². The number of benzene rings is 1. The van der Waals surface area contributed by atoms with E-state index in [2.05, 4.69) is 20.5 Å². The van der Waals surface area contributed by atoms with Crippen LogP contribution in [0.1, 0.15) is 28.9 Å². The van der Waals surface area contributed by atoms with Gasteiger partial charge >= 0.3 is 0 Å². The highest BCUT2D eigenvalue weighted by atomic mass is 19.1. The van der Waals surface area contributed by atoms with Crippen molar-refractivity contribution in [3.8, 4) is 5.75 Å². The van der Waals surface area contributed by atoms with Crippen molar-refractivity contribution in [2.45, 2.75) is 25.5 Å². The van der Waals surface area contributed by atoms with Crippen molar-refractivity contribution in [2.24, 2.45) is 5.92 Å². The number of carbonyl (C=O) groups is 2. The molecule has 1 saturated carbocycles. The molecule has 10 heteroatoms. The van der Waals surface area contributed by atoms with Crippen LogP contribution in [-0.4, -0.2) is 61.0 Å². The van der Waals surface area contributed by atoms with Crippen LogP contribution in [0.2, 0.25) is 0 Å². The van der Waals surface area contributed by atoms with Gasteiger partial charge in [0.05, 0.1) is 5.69 Å². The molecule has 2 N–H and O–H groups in total. The number of hydrogen-bond acceptors (Lipinski definition) is 6. The largest absolute Gasteiger partial charge is 0.478 e. The summed E-state index contributed by atoms with van der Waals surface area (Å²) in [6, 6.07) is 6.47. The summed E-state index contributed by atoms with van der Waals surface area (Å²) in [6.07, 6.45) is 1.38. The molecule has 5 rings (SSSR count). The molecule has 1 aromatic heterocycles. The Kier molecular flexibility index (Phi) is 5.61. The minimum absolute atomic E-state index is 0.0276. The van der Waals surface area contributed by atoms with E-state index in [0.29, 0.717) is 49.7 Å². The molecule has 1 aliphatic carbocycles. The third kappa shape index (κ3) is 4.22. The highest BCUT2D eigenvalue weighted by molar-refractivity contribution is 5.98. The summed E-state index contributed by atoms with van der Waals surface area (Å²) >= 11 is 0. The Morgan fingerprint density at radius 2 is 1.94 bits per heavy atom. The van der Waals surface area contributed by atoms with Crippen LogP contribution in [0.4, 0.5) is 20.2 Å². The third-order valence-electron chi connectivity index (χ3n) is 6.39. The fraction of sp³-hybridized carbons (Fsp3) is 0.435. The maximum absolute atomic E-state index is 15.1. The number of hydrogen-bond donors (Lipinski definition) is 2. The topological polar surface area (TPSA) is 86.8 Å². The lowest BCUT2D eigenvalue weighted by Gasteiger charge is -2.36. The van der Waals surface area contributed by atoms with Gasteiger partial charge < -0.3 is 20.3 Å².